The van der Waals surface area contributed by atoms with Gasteiger partial charge in [-0.05, 0) is 33.8 Å². The molecule has 0 atom stereocenters. The Morgan fingerprint density at radius 1 is 1.33 bits per heavy atom. The quantitative estimate of drug-likeness (QED) is 0.881. The van der Waals surface area contributed by atoms with Crippen LogP contribution in [0.15, 0.2) is 12.3 Å². The lowest BCUT2D eigenvalue weighted by Gasteiger charge is -2.49. The van der Waals surface area contributed by atoms with Crippen LogP contribution in [-0.4, -0.2) is 45.4 Å². The van der Waals surface area contributed by atoms with E-state index in [9.17, 15) is 0 Å². The van der Waals surface area contributed by atoms with Gasteiger partial charge in [0.25, 0.3) is 0 Å². The van der Waals surface area contributed by atoms with E-state index in [-0.39, 0.29) is 11.1 Å². The van der Waals surface area contributed by atoms with Gasteiger partial charge in [-0.15, -0.1) is 0 Å². The summed E-state index contributed by atoms with van der Waals surface area (Å²) in [6, 6.07) is 2.11. The highest BCUT2D eigenvalue weighted by atomic mass is 15.3. The largest absolute Gasteiger partial charge is 0.309 e. The van der Waals surface area contributed by atoms with Crippen molar-refractivity contribution in [2.75, 3.05) is 19.6 Å². The number of hydrogen-bond acceptors (Lipinski definition) is 3. The summed E-state index contributed by atoms with van der Waals surface area (Å²) in [5.41, 5.74) is 1.75. The number of nitrogens with zero attached hydrogens (tertiary/aromatic N) is 3. The summed E-state index contributed by atoms with van der Waals surface area (Å²) < 4.78 is 1.97. The zero-order chi connectivity index (χ0) is 13.4. The molecule has 0 aromatic carbocycles. The van der Waals surface area contributed by atoms with Gasteiger partial charge in [0, 0.05) is 56.1 Å². The molecule has 0 radical (unpaired) electrons. The summed E-state index contributed by atoms with van der Waals surface area (Å²) in [7, 11) is 2.02. The molecule has 0 saturated carbocycles. The van der Waals surface area contributed by atoms with Crippen LogP contribution >= 0.6 is 0 Å². The Kier molecular flexibility index (Phi) is 3.52. The number of nitrogens with one attached hydrogen (secondary N) is 1. The lowest BCUT2D eigenvalue weighted by Crippen LogP contribution is -2.66. The molecule has 1 aromatic rings. The molecule has 1 fully saturated rings. The molecule has 18 heavy (non-hydrogen) atoms. The number of piperazine rings is 1. The summed E-state index contributed by atoms with van der Waals surface area (Å²) in [5, 5.41) is 7.86. The van der Waals surface area contributed by atoms with Crippen molar-refractivity contribution in [1.29, 1.82) is 0 Å². The fraction of sp³-hybridized carbons (Fsp3) is 0.786. The van der Waals surface area contributed by atoms with Gasteiger partial charge in [0.1, 0.15) is 0 Å². The van der Waals surface area contributed by atoms with Crippen LogP contribution in [0.2, 0.25) is 0 Å². The third-order valence-electron chi connectivity index (χ3n) is 4.00. The third-order valence-corrected chi connectivity index (χ3v) is 4.00. The third kappa shape index (κ3) is 2.93. The summed E-state index contributed by atoms with van der Waals surface area (Å²) in [5.74, 6) is 0. The van der Waals surface area contributed by atoms with E-state index >= 15 is 0 Å². The number of hydrogen-bond donors (Lipinski definition) is 1. The van der Waals surface area contributed by atoms with E-state index in [1.165, 1.54) is 5.69 Å². The molecule has 2 heterocycles. The summed E-state index contributed by atoms with van der Waals surface area (Å²) in [6.45, 7) is 12.4. The number of aromatic nitrogens is 2. The molecule has 4 nitrogen and oxygen atoms in total. The van der Waals surface area contributed by atoms with Gasteiger partial charge >= 0.3 is 0 Å². The molecule has 0 unspecified atom stereocenters. The van der Waals surface area contributed by atoms with Crippen LogP contribution < -0.4 is 5.32 Å². The lowest BCUT2D eigenvalue weighted by atomic mass is 9.91. The summed E-state index contributed by atoms with van der Waals surface area (Å²) >= 11 is 0. The highest BCUT2D eigenvalue weighted by Gasteiger charge is 2.37. The molecule has 1 aromatic heterocycles. The van der Waals surface area contributed by atoms with E-state index in [1.807, 2.05) is 17.9 Å². The molecule has 1 saturated heterocycles. The maximum absolute atomic E-state index is 4.23. The van der Waals surface area contributed by atoms with Gasteiger partial charge in [-0.1, -0.05) is 0 Å². The average molecular weight is 250 g/mol. The number of rotatable bonds is 3. The van der Waals surface area contributed by atoms with Crippen molar-refractivity contribution in [2.24, 2.45) is 7.05 Å². The molecule has 1 N–H and O–H groups in total. The van der Waals surface area contributed by atoms with Gasteiger partial charge in [0.05, 0.1) is 0 Å². The highest BCUT2D eigenvalue weighted by Crippen LogP contribution is 2.23. The monoisotopic (exact) mass is 250 g/mol. The van der Waals surface area contributed by atoms with Crippen LogP contribution in [0, 0.1) is 0 Å². The van der Waals surface area contributed by atoms with Gasteiger partial charge in [-0.2, -0.15) is 5.10 Å². The van der Waals surface area contributed by atoms with Crippen molar-refractivity contribution in [3.63, 3.8) is 0 Å². The molecule has 102 valence electrons. The SMILES string of the molecule is Cn1nccc1CCN1CC(C)(C)NCC1(C)C. The van der Waals surface area contributed by atoms with Crippen molar-refractivity contribution >= 4 is 0 Å². The Balaban J connectivity index is 2.00. The fourth-order valence-electron chi connectivity index (χ4n) is 2.59. The zero-order valence-electron chi connectivity index (χ0n) is 12.3. The predicted molar refractivity (Wildman–Crippen MR) is 74.6 cm³/mol. The minimum absolute atomic E-state index is 0.210. The van der Waals surface area contributed by atoms with Gasteiger partial charge < -0.3 is 5.32 Å². The van der Waals surface area contributed by atoms with Crippen molar-refractivity contribution in [1.82, 2.24) is 20.0 Å². The maximum atomic E-state index is 4.23. The molecule has 0 aliphatic carbocycles. The van der Waals surface area contributed by atoms with Crippen molar-refractivity contribution < 1.29 is 0 Å². The van der Waals surface area contributed by atoms with Crippen LogP contribution in [0.1, 0.15) is 33.4 Å². The van der Waals surface area contributed by atoms with Crippen LogP contribution in [0.4, 0.5) is 0 Å². The van der Waals surface area contributed by atoms with Crippen molar-refractivity contribution in [3.05, 3.63) is 18.0 Å². The smallest absolute Gasteiger partial charge is 0.0492 e. The Morgan fingerprint density at radius 3 is 2.67 bits per heavy atom. The molecule has 0 bridgehead atoms. The molecule has 2 rings (SSSR count). The van der Waals surface area contributed by atoms with Gasteiger partial charge in [0.15, 0.2) is 0 Å². The van der Waals surface area contributed by atoms with Crippen molar-refractivity contribution in [3.8, 4) is 0 Å². The number of aryl methyl sites for hydroxylation is 1. The first kappa shape index (κ1) is 13.6. The van der Waals surface area contributed by atoms with Crippen LogP contribution in [0.3, 0.4) is 0 Å². The minimum atomic E-state index is 0.210. The molecule has 0 spiro atoms. The molecule has 1 aliphatic heterocycles. The Hall–Kier alpha value is -0.870. The van der Waals surface area contributed by atoms with E-state index in [2.05, 4.69) is 49.1 Å². The molecule has 1 aliphatic rings. The first-order chi connectivity index (χ1) is 8.30. The predicted octanol–water partition coefficient (Wildman–Crippen LogP) is 1.42. The lowest BCUT2D eigenvalue weighted by molar-refractivity contribution is 0.0400. The fourth-order valence-corrected chi connectivity index (χ4v) is 2.59. The van der Waals surface area contributed by atoms with Crippen LogP contribution in [0.5, 0.6) is 0 Å². The van der Waals surface area contributed by atoms with Gasteiger partial charge in [-0.3, -0.25) is 9.58 Å². The van der Waals surface area contributed by atoms with Crippen LogP contribution in [-0.2, 0) is 13.5 Å². The Labute approximate surface area is 110 Å². The van der Waals surface area contributed by atoms with Crippen molar-refractivity contribution in [2.45, 2.75) is 45.2 Å². The second-order valence-corrected chi connectivity index (χ2v) is 6.67. The Bertz CT molecular complexity index is 406. The standard InChI is InChI=1S/C14H26N4/c1-13(2)11-18(14(3,4)10-15-13)9-7-12-6-8-16-17(12)5/h6,8,15H,7,9-11H2,1-5H3. The second kappa shape index (κ2) is 4.67. The van der Waals surface area contributed by atoms with E-state index in [4.69, 9.17) is 0 Å². The second-order valence-electron chi connectivity index (χ2n) is 6.67. The normalized spacial score (nSPS) is 23.2. The molecule has 4 heteroatoms. The first-order valence-corrected chi connectivity index (χ1v) is 6.77. The van der Waals surface area contributed by atoms with Gasteiger partial charge in [0.2, 0.25) is 0 Å². The molecular weight excluding hydrogens is 224 g/mol. The van der Waals surface area contributed by atoms with E-state index in [0.717, 1.165) is 26.1 Å². The maximum Gasteiger partial charge on any atom is 0.0492 e. The van der Waals surface area contributed by atoms with E-state index < -0.39 is 0 Å². The molecular formula is C14H26N4. The van der Waals surface area contributed by atoms with Crippen LogP contribution in [0.25, 0.3) is 0 Å². The molecule has 0 amide bonds. The van der Waals surface area contributed by atoms with E-state index in [1.54, 1.807) is 0 Å². The summed E-state index contributed by atoms with van der Waals surface area (Å²) in [6.07, 6.45) is 2.94. The Morgan fingerprint density at radius 2 is 2.06 bits per heavy atom. The highest BCUT2D eigenvalue weighted by molar-refractivity contribution is 5.03. The topological polar surface area (TPSA) is 33.1 Å². The van der Waals surface area contributed by atoms with E-state index in [0.29, 0.717) is 0 Å². The average Bonchev–Trinajstić information content (AvgIpc) is 2.66. The summed E-state index contributed by atoms with van der Waals surface area (Å²) in [4.78, 5) is 2.59. The minimum Gasteiger partial charge on any atom is -0.309 e. The van der Waals surface area contributed by atoms with Gasteiger partial charge in [-0.25, -0.2) is 0 Å². The first-order valence-electron chi connectivity index (χ1n) is 6.77. The zero-order valence-corrected chi connectivity index (χ0v) is 12.3.